The minimum absolute atomic E-state index is 0.0476. The van der Waals surface area contributed by atoms with Crippen LogP contribution in [0, 0.1) is 34.0 Å². The lowest BCUT2D eigenvalue weighted by Crippen LogP contribution is -2.67. The third-order valence-corrected chi connectivity index (χ3v) is 33.4. The maximum atomic E-state index is 11.7. The zero-order chi connectivity index (χ0) is 70.7. The molecule has 3 aromatic carbocycles. The molecule has 6 aromatic heterocycles. The van der Waals surface area contributed by atoms with E-state index in [-0.39, 0.29) is 38.0 Å². The molecular formula is C70H77N9O13S5Si2. The van der Waals surface area contributed by atoms with Gasteiger partial charge in [0.1, 0.15) is 95.8 Å². The Kier molecular flexibility index (Phi) is 20.6. The molecule has 11 heterocycles. The third-order valence-electron chi connectivity index (χ3n) is 19.2. The molecule has 0 amide bonds. The summed E-state index contributed by atoms with van der Waals surface area (Å²) in [5.74, 6) is -0.886. The van der Waals surface area contributed by atoms with Crippen LogP contribution in [-0.2, 0) is 58.8 Å². The molecule has 0 spiro atoms. The lowest BCUT2D eigenvalue weighted by Gasteiger charge is -2.43. The molecule has 518 valence electrons. The molecule has 9 aromatic rings. The van der Waals surface area contributed by atoms with Crippen LogP contribution in [0.3, 0.4) is 0 Å². The van der Waals surface area contributed by atoms with Crippen molar-refractivity contribution >= 4 is 117 Å². The van der Waals surface area contributed by atoms with Crippen LogP contribution < -0.4 is 15.9 Å². The summed E-state index contributed by atoms with van der Waals surface area (Å²) >= 11 is 7.05. The van der Waals surface area contributed by atoms with Crippen LogP contribution in [0.2, 0.25) is 23.2 Å². The van der Waals surface area contributed by atoms with Gasteiger partial charge < -0.3 is 62.3 Å². The van der Waals surface area contributed by atoms with Gasteiger partial charge in [0.05, 0.1) is 62.7 Å². The van der Waals surface area contributed by atoms with E-state index in [0.717, 1.165) is 48.1 Å². The van der Waals surface area contributed by atoms with E-state index in [1.54, 1.807) is 36.2 Å². The van der Waals surface area contributed by atoms with Gasteiger partial charge in [-0.15, -0.1) is 57.5 Å². The Morgan fingerprint density at radius 1 is 0.596 bits per heavy atom. The standard InChI is InChI=1S/C32H35N3O4S2Si.C26H31N3O4S2Si.C12H11N3O5S/c1-30(2,3)42(21-13-9-7-10-14-21,22-15-11-8-12-16-22)36-17-24-26-27(39-31(4,5)38-26)32(19-33,37-24)28-25-23(18-41-28)29(40-6)35-20-34-25;1-25(2,3)36(5,6)30-12-18-20-21(32-24(31-20)16-10-8-7-9-11-16)26(14-27,33-18)22-19-17(13-35-22)23(34-4)29-15-28-19;13-3-12(9(18)8(17)6(1-16)20-12)10-7-5(2-21-10)11(19)15-4-14-7/h7-16,18,20,24,26-27H,17H2,1-6H3;7-11,13,15,18,20-21,24H,12H2,1-6H3;2,4,6,8-9,16-18H,1H2,(H,14,15,19)/t24-,26-,27-,32-;18-,20-,21-,24?,26-;6-,8-,9-,12-/m111/s1. The Hall–Kier alpha value is -6.30. The number of hydrogen-bond donors (Lipinski definition) is 4. The van der Waals surface area contributed by atoms with Crippen LogP contribution in [0.15, 0.2) is 141 Å². The predicted octanol–water partition coefficient (Wildman–Crippen LogP) is 10.5. The molecule has 4 N–H and O–H groups in total. The summed E-state index contributed by atoms with van der Waals surface area (Å²) in [6.45, 7) is 21.6. The highest BCUT2D eigenvalue weighted by molar-refractivity contribution is 7.99. The van der Waals surface area contributed by atoms with E-state index in [4.69, 9.17) is 47.1 Å². The predicted molar refractivity (Wildman–Crippen MR) is 384 cm³/mol. The first kappa shape index (κ1) is 72.5. The molecule has 0 saturated carbocycles. The Morgan fingerprint density at radius 2 is 1.07 bits per heavy atom. The SMILES string of the molecule is CSc1ncnc2c([C@]3(C#N)O[C@H](CO[Si](C)(C)C(C)(C)C)[C@H]4OC(c5ccccc5)O[C@H]43)scc12.CSc1ncnc2c([C@]3(C#N)O[C@H](CO[Si](c4ccccc4)(c4ccccc4)C(C)(C)C)[C@H]4OC(C)(C)O[C@H]43)scc12.N#C[C@@]1(c2scc3c(=O)[nH]cnc23)O[C@H](CO)[C@@H](O)[C@H]1O. The summed E-state index contributed by atoms with van der Waals surface area (Å²) in [5.41, 5.74) is -2.44. The summed E-state index contributed by atoms with van der Waals surface area (Å²) in [7, 11) is -4.91. The number of aromatic amines is 1. The molecule has 5 fully saturated rings. The van der Waals surface area contributed by atoms with Gasteiger partial charge in [0.25, 0.3) is 13.9 Å². The van der Waals surface area contributed by atoms with E-state index >= 15 is 0 Å². The molecule has 5 saturated heterocycles. The molecule has 0 aliphatic carbocycles. The van der Waals surface area contributed by atoms with Gasteiger partial charge in [0.15, 0.2) is 20.4 Å². The van der Waals surface area contributed by atoms with Gasteiger partial charge in [-0.3, -0.25) is 4.79 Å². The number of ether oxygens (including phenoxy) is 7. The van der Waals surface area contributed by atoms with Crippen LogP contribution in [0.1, 0.15) is 81.9 Å². The van der Waals surface area contributed by atoms with Gasteiger partial charge in [-0.05, 0) is 59.9 Å². The summed E-state index contributed by atoms with van der Waals surface area (Å²) in [6.07, 6.45) is 0.349. The first-order chi connectivity index (χ1) is 47.2. The number of rotatable bonds is 15. The van der Waals surface area contributed by atoms with E-state index in [1.165, 1.54) is 44.8 Å². The molecule has 1 unspecified atom stereocenters. The van der Waals surface area contributed by atoms with Gasteiger partial charge in [0.2, 0.25) is 16.8 Å². The maximum Gasteiger partial charge on any atom is 0.261 e. The molecule has 5 aliphatic rings. The van der Waals surface area contributed by atoms with Gasteiger partial charge >= 0.3 is 0 Å². The molecule has 22 nitrogen and oxygen atoms in total. The summed E-state index contributed by atoms with van der Waals surface area (Å²) < 4.78 is 58.5. The average Bonchev–Trinajstić information content (AvgIpc) is 1.61. The van der Waals surface area contributed by atoms with Gasteiger partial charge in [0, 0.05) is 32.5 Å². The topological polar surface area (TPSA) is 312 Å². The fourth-order valence-electron chi connectivity index (χ4n) is 13.3. The minimum atomic E-state index is -2.86. The van der Waals surface area contributed by atoms with Crippen molar-refractivity contribution in [3.63, 3.8) is 0 Å². The zero-order valence-electron chi connectivity index (χ0n) is 56.6. The quantitative estimate of drug-likeness (QED) is 0.0421. The van der Waals surface area contributed by atoms with Crippen LogP contribution >= 0.6 is 57.5 Å². The molecule has 14 rings (SSSR count). The largest absolute Gasteiger partial charge is 0.414 e. The summed E-state index contributed by atoms with van der Waals surface area (Å²) in [6, 6.07) is 37.7. The maximum absolute atomic E-state index is 11.7. The van der Waals surface area contributed by atoms with E-state index in [2.05, 4.69) is 145 Å². The molecule has 5 aliphatic heterocycles. The van der Waals surface area contributed by atoms with Crippen LogP contribution in [0.4, 0.5) is 0 Å². The van der Waals surface area contributed by atoms with Crippen LogP contribution in [0.25, 0.3) is 32.7 Å². The number of H-pyrrole nitrogens is 1. The van der Waals surface area contributed by atoms with Gasteiger partial charge in [-0.25, -0.2) is 24.9 Å². The Balaban J connectivity index is 0.000000148. The van der Waals surface area contributed by atoms with Crippen LogP contribution in [0.5, 0.6) is 0 Å². The normalized spacial score (nSPS) is 28.0. The van der Waals surface area contributed by atoms with Crippen molar-refractivity contribution in [2.45, 2.75) is 172 Å². The number of nitrogens with zero attached hydrogens (tertiary/aromatic N) is 8. The monoisotopic (exact) mass is 1470 g/mol. The van der Waals surface area contributed by atoms with E-state index in [1.807, 2.05) is 85.7 Å². The number of aromatic nitrogens is 6. The van der Waals surface area contributed by atoms with E-state index < -0.39 is 107 Å². The summed E-state index contributed by atoms with van der Waals surface area (Å²) in [5, 5.41) is 71.8. The fraction of sp³-hybridized carbons (Fsp3) is 0.443. The molecule has 29 heteroatoms. The van der Waals surface area contributed by atoms with Crippen molar-refractivity contribution in [1.82, 2.24) is 29.9 Å². The van der Waals surface area contributed by atoms with Crippen LogP contribution in [-0.4, -0.2) is 155 Å². The first-order valence-electron chi connectivity index (χ1n) is 32.1. The van der Waals surface area contributed by atoms with Crippen molar-refractivity contribution in [2.75, 3.05) is 32.3 Å². The Morgan fingerprint density at radius 3 is 1.57 bits per heavy atom. The van der Waals surface area contributed by atoms with Gasteiger partial charge in [-0.1, -0.05) is 133 Å². The fourth-order valence-corrected chi connectivity index (χ4v) is 23.4. The second-order valence-electron chi connectivity index (χ2n) is 27.6. The zero-order valence-corrected chi connectivity index (χ0v) is 62.6. The summed E-state index contributed by atoms with van der Waals surface area (Å²) in [4.78, 5) is 37.8. The molecule has 0 radical (unpaired) electrons. The minimum Gasteiger partial charge on any atom is -0.414 e. The van der Waals surface area contributed by atoms with Crippen molar-refractivity contribution in [1.29, 1.82) is 15.8 Å². The Bertz CT molecular complexity index is 4540. The number of fused-ring (bicyclic) bond motifs is 5. The lowest BCUT2D eigenvalue weighted by molar-refractivity contribution is -0.202. The number of nitriles is 3. The molecule has 99 heavy (non-hydrogen) atoms. The first-order valence-corrected chi connectivity index (χ1v) is 42.0. The highest BCUT2D eigenvalue weighted by Crippen LogP contribution is 2.55. The highest BCUT2D eigenvalue weighted by atomic mass is 32.2. The molecular weight excluding hydrogens is 1390 g/mol. The number of thiophene rings is 3. The lowest BCUT2D eigenvalue weighted by atomic mass is 9.93. The number of nitrogens with one attached hydrogen (secondary N) is 1. The number of aliphatic hydroxyl groups excluding tert-OH is 3. The average molecular weight is 1470 g/mol. The van der Waals surface area contributed by atoms with Crippen molar-refractivity contribution in [3.8, 4) is 18.2 Å². The van der Waals surface area contributed by atoms with E-state index in [0.29, 0.717) is 17.0 Å². The second-order valence-corrected chi connectivity index (χ2v) is 40.9. The number of thioether (sulfide) groups is 2. The highest BCUT2D eigenvalue weighted by Gasteiger charge is 2.67. The van der Waals surface area contributed by atoms with E-state index in [9.17, 15) is 30.8 Å². The van der Waals surface area contributed by atoms with Gasteiger partial charge in [-0.2, -0.15) is 15.8 Å². The van der Waals surface area contributed by atoms with Crippen molar-refractivity contribution in [3.05, 3.63) is 157 Å². The Labute approximate surface area is 595 Å². The third kappa shape index (κ3) is 12.7. The van der Waals surface area contributed by atoms with Crippen molar-refractivity contribution in [2.24, 2.45) is 0 Å². The smallest absolute Gasteiger partial charge is 0.261 e. The second kappa shape index (κ2) is 28.2. The molecule has 13 atom stereocenters. The number of benzene rings is 3. The number of aliphatic hydroxyl groups is 3. The van der Waals surface area contributed by atoms with Crippen molar-refractivity contribution < 1.29 is 57.3 Å². The molecule has 0 bridgehead atoms. The number of hydrogen-bond acceptors (Lipinski definition) is 26.